The van der Waals surface area contributed by atoms with Crippen LogP contribution in [0.1, 0.15) is 36.6 Å². The first-order chi connectivity index (χ1) is 8.33. The largest absolute Gasteiger partial charge is 0.385 e. The Bertz CT molecular complexity index is 593. The molecule has 0 unspecified atom stereocenters. The van der Waals surface area contributed by atoms with Crippen LogP contribution in [0.25, 0.3) is 11.0 Å². The number of aryl methyl sites for hydroxylation is 2. The maximum absolute atomic E-state index is 4.81. The zero-order chi connectivity index (χ0) is 11.4. The summed E-state index contributed by atoms with van der Waals surface area (Å²) in [6.45, 7) is 1.10. The molecule has 0 spiro atoms. The van der Waals surface area contributed by atoms with Gasteiger partial charge in [0.05, 0.1) is 11.0 Å². The quantitative estimate of drug-likeness (QED) is 0.812. The standard InChI is InChI=1S/C14H17N3/c1-17-13-7-10-3-2-6-15-11(10)8-12(13)16-14(17)9-4-5-9/h7-9,15H,2-6H2,1H3. The van der Waals surface area contributed by atoms with E-state index in [1.54, 1.807) is 0 Å². The first-order valence-electron chi connectivity index (χ1n) is 6.56. The highest BCUT2D eigenvalue weighted by atomic mass is 15.1. The first kappa shape index (κ1) is 9.51. The molecule has 17 heavy (non-hydrogen) atoms. The Labute approximate surface area is 101 Å². The van der Waals surface area contributed by atoms with Crippen LogP contribution in [-0.4, -0.2) is 16.1 Å². The van der Waals surface area contributed by atoms with Gasteiger partial charge in [0.2, 0.25) is 0 Å². The molecule has 3 heteroatoms. The van der Waals surface area contributed by atoms with Crippen molar-refractivity contribution < 1.29 is 0 Å². The number of rotatable bonds is 1. The Balaban J connectivity index is 1.95. The van der Waals surface area contributed by atoms with Gasteiger partial charge in [-0.3, -0.25) is 0 Å². The lowest BCUT2D eigenvalue weighted by atomic mass is 10.0. The van der Waals surface area contributed by atoms with E-state index in [1.165, 1.54) is 48.3 Å². The summed E-state index contributed by atoms with van der Waals surface area (Å²) in [6, 6.07) is 4.56. The molecule has 0 bridgehead atoms. The van der Waals surface area contributed by atoms with Gasteiger partial charge in [-0.1, -0.05) is 0 Å². The molecule has 1 aliphatic heterocycles. The molecule has 2 aliphatic rings. The number of hydrogen-bond acceptors (Lipinski definition) is 2. The predicted molar refractivity (Wildman–Crippen MR) is 69.5 cm³/mol. The van der Waals surface area contributed by atoms with Crippen LogP contribution in [0.5, 0.6) is 0 Å². The van der Waals surface area contributed by atoms with E-state index in [0.717, 1.165) is 18.0 Å². The number of fused-ring (bicyclic) bond motifs is 2. The molecule has 3 nitrogen and oxygen atoms in total. The number of benzene rings is 1. The van der Waals surface area contributed by atoms with Gasteiger partial charge in [0.15, 0.2) is 0 Å². The SMILES string of the molecule is Cn1c(C2CC2)nc2cc3c(cc21)CCCN3. The van der Waals surface area contributed by atoms with E-state index in [0.29, 0.717) is 0 Å². The Kier molecular flexibility index (Phi) is 1.82. The third-order valence-electron chi connectivity index (χ3n) is 4.02. The second-order valence-electron chi connectivity index (χ2n) is 5.33. The highest BCUT2D eigenvalue weighted by Crippen LogP contribution is 2.40. The van der Waals surface area contributed by atoms with Crippen molar-refractivity contribution in [2.75, 3.05) is 11.9 Å². The minimum absolute atomic E-state index is 0.720. The van der Waals surface area contributed by atoms with Gasteiger partial charge in [0.1, 0.15) is 5.82 Å². The maximum atomic E-state index is 4.81. The van der Waals surface area contributed by atoms with Gasteiger partial charge in [0.25, 0.3) is 0 Å². The lowest BCUT2D eigenvalue weighted by Gasteiger charge is -2.17. The zero-order valence-corrected chi connectivity index (χ0v) is 10.2. The fourth-order valence-corrected chi connectivity index (χ4v) is 2.88. The minimum atomic E-state index is 0.720. The summed E-state index contributed by atoms with van der Waals surface area (Å²) in [6.07, 6.45) is 5.07. The van der Waals surface area contributed by atoms with E-state index < -0.39 is 0 Å². The normalized spacial score (nSPS) is 19.1. The van der Waals surface area contributed by atoms with Gasteiger partial charge in [-0.05, 0) is 43.4 Å². The van der Waals surface area contributed by atoms with Gasteiger partial charge in [0, 0.05) is 25.2 Å². The Morgan fingerprint density at radius 2 is 2.24 bits per heavy atom. The molecule has 2 aromatic rings. The number of aromatic nitrogens is 2. The average Bonchev–Trinajstić information content (AvgIpc) is 3.14. The molecule has 1 aromatic carbocycles. The molecular weight excluding hydrogens is 210 g/mol. The summed E-state index contributed by atoms with van der Waals surface area (Å²) in [4.78, 5) is 4.81. The fourth-order valence-electron chi connectivity index (χ4n) is 2.88. The number of nitrogens with zero attached hydrogens (tertiary/aromatic N) is 2. The second-order valence-corrected chi connectivity index (χ2v) is 5.33. The van der Waals surface area contributed by atoms with Crippen LogP contribution in [-0.2, 0) is 13.5 Å². The minimum Gasteiger partial charge on any atom is -0.385 e. The van der Waals surface area contributed by atoms with E-state index >= 15 is 0 Å². The van der Waals surface area contributed by atoms with Crippen molar-refractivity contribution in [3.63, 3.8) is 0 Å². The molecule has 1 aliphatic carbocycles. The predicted octanol–water partition coefficient (Wildman–Crippen LogP) is 2.81. The Morgan fingerprint density at radius 1 is 1.35 bits per heavy atom. The van der Waals surface area contributed by atoms with Gasteiger partial charge < -0.3 is 9.88 Å². The summed E-state index contributed by atoms with van der Waals surface area (Å²) in [5.41, 5.74) is 5.20. The molecule has 0 radical (unpaired) electrons. The molecular formula is C14H17N3. The van der Waals surface area contributed by atoms with Crippen LogP contribution in [0.4, 0.5) is 5.69 Å². The van der Waals surface area contributed by atoms with E-state index in [2.05, 4.69) is 29.1 Å². The van der Waals surface area contributed by atoms with Gasteiger partial charge >= 0.3 is 0 Å². The van der Waals surface area contributed by atoms with Crippen molar-refractivity contribution in [1.29, 1.82) is 0 Å². The van der Waals surface area contributed by atoms with Crippen LogP contribution < -0.4 is 5.32 Å². The molecule has 1 aromatic heterocycles. The maximum Gasteiger partial charge on any atom is 0.112 e. The average molecular weight is 227 g/mol. The number of imidazole rings is 1. The number of nitrogens with one attached hydrogen (secondary N) is 1. The van der Waals surface area contributed by atoms with Crippen molar-refractivity contribution in [3.05, 3.63) is 23.5 Å². The highest BCUT2D eigenvalue weighted by molar-refractivity contribution is 5.82. The lowest BCUT2D eigenvalue weighted by Crippen LogP contribution is -2.11. The number of hydrogen-bond donors (Lipinski definition) is 1. The summed E-state index contributed by atoms with van der Waals surface area (Å²) >= 11 is 0. The van der Waals surface area contributed by atoms with E-state index in [4.69, 9.17) is 4.98 Å². The summed E-state index contributed by atoms with van der Waals surface area (Å²) in [7, 11) is 2.16. The van der Waals surface area contributed by atoms with Crippen LogP contribution in [0.2, 0.25) is 0 Å². The van der Waals surface area contributed by atoms with E-state index in [9.17, 15) is 0 Å². The van der Waals surface area contributed by atoms with Crippen molar-refractivity contribution in [1.82, 2.24) is 9.55 Å². The topological polar surface area (TPSA) is 29.9 Å². The van der Waals surface area contributed by atoms with Crippen molar-refractivity contribution in [3.8, 4) is 0 Å². The van der Waals surface area contributed by atoms with E-state index in [-0.39, 0.29) is 0 Å². The van der Waals surface area contributed by atoms with Gasteiger partial charge in [-0.15, -0.1) is 0 Å². The summed E-state index contributed by atoms with van der Waals surface area (Å²) in [5, 5.41) is 3.48. The van der Waals surface area contributed by atoms with Crippen LogP contribution in [0.3, 0.4) is 0 Å². The smallest absolute Gasteiger partial charge is 0.112 e. The van der Waals surface area contributed by atoms with Gasteiger partial charge in [-0.2, -0.15) is 0 Å². The molecule has 1 fully saturated rings. The summed E-state index contributed by atoms with van der Waals surface area (Å²) < 4.78 is 2.29. The van der Waals surface area contributed by atoms with Crippen molar-refractivity contribution in [2.24, 2.45) is 7.05 Å². The van der Waals surface area contributed by atoms with E-state index in [1.807, 2.05) is 0 Å². The molecule has 1 saturated carbocycles. The monoisotopic (exact) mass is 227 g/mol. The Morgan fingerprint density at radius 3 is 3.06 bits per heavy atom. The third kappa shape index (κ3) is 1.38. The molecule has 0 atom stereocenters. The van der Waals surface area contributed by atoms with Crippen LogP contribution in [0, 0.1) is 0 Å². The second kappa shape index (κ2) is 3.25. The zero-order valence-electron chi connectivity index (χ0n) is 10.2. The molecule has 1 N–H and O–H groups in total. The molecule has 88 valence electrons. The highest BCUT2D eigenvalue weighted by Gasteiger charge is 2.28. The van der Waals surface area contributed by atoms with Crippen molar-refractivity contribution >= 4 is 16.7 Å². The molecule has 4 rings (SSSR count). The van der Waals surface area contributed by atoms with Gasteiger partial charge in [-0.25, -0.2) is 4.98 Å². The first-order valence-corrected chi connectivity index (χ1v) is 6.56. The third-order valence-corrected chi connectivity index (χ3v) is 4.02. The fraction of sp³-hybridized carbons (Fsp3) is 0.500. The molecule has 0 amide bonds. The van der Waals surface area contributed by atoms with Crippen molar-refractivity contribution in [2.45, 2.75) is 31.6 Å². The molecule has 0 saturated heterocycles. The van der Waals surface area contributed by atoms with Crippen LogP contribution >= 0.6 is 0 Å². The Hall–Kier alpha value is -1.51. The lowest BCUT2D eigenvalue weighted by molar-refractivity contribution is 0.815. The summed E-state index contributed by atoms with van der Waals surface area (Å²) in [5.74, 6) is 2.00. The van der Waals surface area contributed by atoms with Crippen LogP contribution in [0.15, 0.2) is 12.1 Å². The molecule has 2 heterocycles. The number of anilines is 1.